The molecule has 0 bridgehead atoms. The van der Waals surface area contributed by atoms with E-state index in [1.807, 2.05) is 38.1 Å². The summed E-state index contributed by atoms with van der Waals surface area (Å²) >= 11 is 0. The first-order valence-corrected chi connectivity index (χ1v) is 7.06. The summed E-state index contributed by atoms with van der Waals surface area (Å²) < 4.78 is 0. The molecule has 0 spiro atoms. The van der Waals surface area contributed by atoms with Crippen molar-refractivity contribution in [1.29, 1.82) is 0 Å². The first kappa shape index (κ1) is 15.0. The van der Waals surface area contributed by atoms with Gasteiger partial charge in [0.05, 0.1) is 5.56 Å². The zero-order valence-electron chi connectivity index (χ0n) is 12.6. The number of carbonyl (C=O) groups excluding carboxylic acids is 1. The van der Waals surface area contributed by atoms with Gasteiger partial charge in [-0.2, -0.15) is 0 Å². The molecule has 0 aliphatic carbocycles. The minimum absolute atomic E-state index is 0.209. The molecular weight excluding hydrogens is 264 g/mol. The molecule has 110 valence electrons. The minimum atomic E-state index is -0.209. The van der Waals surface area contributed by atoms with Gasteiger partial charge >= 0.3 is 0 Å². The van der Waals surface area contributed by atoms with Gasteiger partial charge in [0.15, 0.2) is 0 Å². The van der Waals surface area contributed by atoms with Crippen molar-refractivity contribution in [2.45, 2.75) is 27.2 Å². The summed E-state index contributed by atoms with van der Waals surface area (Å²) in [4.78, 5) is 20.8. The number of aromatic nitrogens is 2. The Labute approximate surface area is 124 Å². The summed E-state index contributed by atoms with van der Waals surface area (Å²) in [6.07, 6.45) is 0.996. The molecule has 1 aromatic heterocycles. The van der Waals surface area contributed by atoms with Gasteiger partial charge in [-0.05, 0) is 38.5 Å². The van der Waals surface area contributed by atoms with Gasteiger partial charge in [0.2, 0.25) is 5.95 Å². The fourth-order valence-corrected chi connectivity index (χ4v) is 2.05. The van der Waals surface area contributed by atoms with Crippen LogP contribution >= 0.6 is 0 Å². The zero-order valence-corrected chi connectivity index (χ0v) is 12.6. The molecule has 0 radical (unpaired) electrons. The van der Waals surface area contributed by atoms with E-state index in [2.05, 4.69) is 27.5 Å². The molecule has 5 heteroatoms. The fraction of sp³-hybridized carbons (Fsp3) is 0.312. The van der Waals surface area contributed by atoms with E-state index in [-0.39, 0.29) is 5.91 Å². The largest absolute Gasteiger partial charge is 0.384 e. The number of anilines is 2. The van der Waals surface area contributed by atoms with Crippen LogP contribution in [0.1, 0.15) is 35.1 Å². The molecule has 0 aliphatic rings. The van der Waals surface area contributed by atoms with Gasteiger partial charge in [-0.15, -0.1) is 0 Å². The van der Waals surface area contributed by atoms with E-state index in [9.17, 15) is 4.79 Å². The Morgan fingerprint density at radius 2 is 1.81 bits per heavy atom. The second-order valence-corrected chi connectivity index (χ2v) is 4.90. The van der Waals surface area contributed by atoms with Crippen molar-refractivity contribution in [1.82, 2.24) is 9.97 Å². The molecule has 2 rings (SSSR count). The summed E-state index contributed by atoms with van der Waals surface area (Å²) in [7, 11) is 0. The minimum Gasteiger partial charge on any atom is -0.384 e. The molecular formula is C16H20N4O. The van der Waals surface area contributed by atoms with Crippen molar-refractivity contribution in [3.05, 3.63) is 47.3 Å². The van der Waals surface area contributed by atoms with Crippen LogP contribution in [0.15, 0.2) is 30.3 Å². The number of amides is 1. The van der Waals surface area contributed by atoms with Crippen LogP contribution in [0.25, 0.3) is 0 Å². The van der Waals surface area contributed by atoms with Gasteiger partial charge in [0.1, 0.15) is 0 Å². The first-order chi connectivity index (χ1) is 10.1. The molecule has 1 heterocycles. The molecule has 0 atom stereocenters. The van der Waals surface area contributed by atoms with Crippen LogP contribution in [0.2, 0.25) is 0 Å². The van der Waals surface area contributed by atoms with Crippen LogP contribution in [-0.4, -0.2) is 22.4 Å². The Morgan fingerprint density at radius 3 is 2.48 bits per heavy atom. The monoisotopic (exact) mass is 284 g/mol. The molecule has 0 fully saturated rings. The Balaban J connectivity index is 2.20. The highest BCUT2D eigenvalue weighted by atomic mass is 16.1. The topological polar surface area (TPSA) is 66.9 Å². The normalized spacial score (nSPS) is 10.2. The summed E-state index contributed by atoms with van der Waals surface area (Å²) in [5.74, 6) is 0.127. The molecule has 0 saturated heterocycles. The maximum atomic E-state index is 12.4. The molecule has 1 aromatic carbocycles. The van der Waals surface area contributed by atoms with Crippen LogP contribution < -0.4 is 10.6 Å². The summed E-state index contributed by atoms with van der Waals surface area (Å²) in [6.45, 7) is 6.66. The molecule has 0 aliphatic heterocycles. The SMILES string of the molecule is CCCNc1ccccc1C(=O)Nc1nc(C)cc(C)n1. The second-order valence-electron chi connectivity index (χ2n) is 4.90. The van der Waals surface area contributed by atoms with Crippen molar-refractivity contribution >= 4 is 17.5 Å². The van der Waals surface area contributed by atoms with E-state index in [1.165, 1.54) is 0 Å². The number of para-hydroxylation sites is 1. The molecule has 5 nitrogen and oxygen atoms in total. The standard InChI is InChI=1S/C16H20N4O/c1-4-9-17-14-8-6-5-7-13(14)15(21)20-16-18-11(2)10-12(3)19-16/h5-8,10,17H,4,9H2,1-3H3,(H,18,19,20,21). The van der Waals surface area contributed by atoms with Gasteiger partial charge in [-0.3, -0.25) is 10.1 Å². The molecule has 0 unspecified atom stereocenters. The average molecular weight is 284 g/mol. The highest BCUT2D eigenvalue weighted by Gasteiger charge is 2.12. The predicted molar refractivity (Wildman–Crippen MR) is 84.7 cm³/mol. The van der Waals surface area contributed by atoms with Gasteiger partial charge in [0, 0.05) is 23.6 Å². The third-order valence-corrected chi connectivity index (χ3v) is 2.94. The Hall–Kier alpha value is -2.43. The number of carbonyl (C=O) groups is 1. The van der Waals surface area contributed by atoms with Gasteiger partial charge < -0.3 is 5.32 Å². The first-order valence-electron chi connectivity index (χ1n) is 7.06. The number of nitrogens with one attached hydrogen (secondary N) is 2. The number of nitrogens with zero attached hydrogens (tertiary/aromatic N) is 2. The Morgan fingerprint density at radius 1 is 1.14 bits per heavy atom. The molecule has 21 heavy (non-hydrogen) atoms. The maximum absolute atomic E-state index is 12.4. The van der Waals surface area contributed by atoms with E-state index in [1.54, 1.807) is 6.07 Å². The quantitative estimate of drug-likeness (QED) is 0.885. The lowest BCUT2D eigenvalue weighted by molar-refractivity contribution is 0.102. The summed E-state index contributed by atoms with van der Waals surface area (Å²) in [5.41, 5.74) is 3.07. The number of hydrogen-bond acceptors (Lipinski definition) is 4. The highest BCUT2D eigenvalue weighted by molar-refractivity contribution is 6.07. The van der Waals surface area contributed by atoms with E-state index < -0.39 is 0 Å². The second kappa shape index (κ2) is 6.83. The van der Waals surface area contributed by atoms with Crippen LogP contribution in [0.4, 0.5) is 11.6 Å². The highest BCUT2D eigenvalue weighted by Crippen LogP contribution is 2.16. The van der Waals surface area contributed by atoms with Gasteiger partial charge in [0.25, 0.3) is 5.91 Å². The van der Waals surface area contributed by atoms with E-state index in [0.717, 1.165) is 30.0 Å². The summed E-state index contributed by atoms with van der Waals surface area (Å²) in [6, 6.07) is 9.30. The number of hydrogen-bond donors (Lipinski definition) is 2. The average Bonchev–Trinajstić information content (AvgIpc) is 2.44. The van der Waals surface area contributed by atoms with Crippen LogP contribution in [0.5, 0.6) is 0 Å². The van der Waals surface area contributed by atoms with Crippen molar-refractivity contribution in [3.8, 4) is 0 Å². The molecule has 2 aromatic rings. The van der Waals surface area contributed by atoms with Crippen molar-refractivity contribution in [2.75, 3.05) is 17.2 Å². The van der Waals surface area contributed by atoms with E-state index in [0.29, 0.717) is 11.5 Å². The van der Waals surface area contributed by atoms with Crippen molar-refractivity contribution in [2.24, 2.45) is 0 Å². The number of rotatable bonds is 5. The van der Waals surface area contributed by atoms with Crippen molar-refractivity contribution < 1.29 is 4.79 Å². The smallest absolute Gasteiger partial charge is 0.260 e. The third-order valence-electron chi connectivity index (χ3n) is 2.94. The molecule has 1 amide bonds. The molecule has 2 N–H and O–H groups in total. The van der Waals surface area contributed by atoms with E-state index in [4.69, 9.17) is 0 Å². The van der Waals surface area contributed by atoms with Gasteiger partial charge in [-0.1, -0.05) is 19.1 Å². The van der Waals surface area contributed by atoms with Crippen molar-refractivity contribution in [3.63, 3.8) is 0 Å². The van der Waals surface area contributed by atoms with Crippen LogP contribution in [-0.2, 0) is 0 Å². The Bertz CT molecular complexity index is 620. The lowest BCUT2D eigenvalue weighted by atomic mass is 10.1. The third kappa shape index (κ3) is 4.02. The fourth-order valence-electron chi connectivity index (χ4n) is 2.05. The maximum Gasteiger partial charge on any atom is 0.260 e. The summed E-state index contributed by atoms with van der Waals surface area (Å²) in [5, 5.41) is 6.01. The Kier molecular flexibility index (Phi) is 4.87. The number of aryl methyl sites for hydroxylation is 2. The van der Waals surface area contributed by atoms with Gasteiger partial charge in [-0.25, -0.2) is 9.97 Å². The lowest BCUT2D eigenvalue weighted by Crippen LogP contribution is -2.17. The van der Waals surface area contributed by atoms with Crippen LogP contribution in [0, 0.1) is 13.8 Å². The zero-order chi connectivity index (χ0) is 15.2. The molecule has 0 saturated carbocycles. The van der Waals surface area contributed by atoms with Crippen LogP contribution in [0.3, 0.4) is 0 Å². The predicted octanol–water partition coefficient (Wildman–Crippen LogP) is 3.17. The lowest BCUT2D eigenvalue weighted by Gasteiger charge is -2.11. The number of benzene rings is 1. The van der Waals surface area contributed by atoms with E-state index >= 15 is 0 Å².